The van der Waals surface area contributed by atoms with Gasteiger partial charge < -0.3 is 10.2 Å². The third-order valence-electron chi connectivity index (χ3n) is 1.36. The predicted molar refractivity (Wildman–Crippen MR) is 42.3 cm³/mol. The number of allylic oxidation sites excluding steroid dienone is 1. The van der Waals surface area contributed by atoms with Crippen molar-refractivity contribution in [3.8, 4) is 0 Å². The SMILES string of the molecule is C=CCCCC(O)CC(=O)O. The first-order chi connectivity index (χ1) is 5.16. The molecule has 3 nitrogen and oxygen atoms in total. The van der Waals surface area contributed by atoms with Gasteiger partial charge in [-0.1, -0.05) is 6.08 Å². The molecule has 11 heavy (non-hydrogen) atoms. The monoisotopic (exact) mass is 158 g/mol. The standard InChI is InChI=1S/C8H14O3/c1-2-3-4-5-7(9)6-8(10)11/h2,7,9H,1,3-6H2,(H,10,11). The molecule has 0 aliphatic rings. The van der Waals surface area contributed by atoms with E-state index in [2.05, 4.69) is 6.58 Å². The zero-order valence-electron chi connectivity index (χ0n) is 6.49. The zero-order valence-corrected chi connectivity index (χ0v) is 6.49. The molecule has 0 radical (unpaired) electrons. The number of hydrogen-bond donors (Lipinski definition) is 2. The molecule has 64 valence electrons. The number of carboxylic acid groups (broad SMARTS) is 1. The fraction of sp³-hybridized carbons (Fsp3) is 0.625. The molecule has 0 spiro atoms. The minimum Gasteiger partial charge on any atom is -0.481 e. The molecule has 0 saturated heterocycles. The van der Waals surface area contributed by atoms with Crippen molar-refractivity contribution in [3.05, 3.63) is 12.7 Å². The average molecular weight is 158 g/mol. The van der Waals surface area contributed by atoms with E-state index in [-0.39, 0.29) is 6.42 Å². The molecule has 3 heteroatoms. The van der Waals surface area contributed by atoms with Gasteiger partial charge in [-0.2, -0.15) is 0 Å². The van der Waals surface area contributed by atoms with Gasteiger partial charge in [0.15, 0.2) is 0 Å². The first-order valence-electron chi connectivity index (χ1n) is 3.67. The van der Waals surface area contributed by atoms with Crippen LogP contribution in [0.4, 0.5) is 0 Å². The number of hydrogen-bond acceptors (Lipinski definition) is 2. The molecular formula is C8H14O3. The molecule has 0 fully saturated rings. The molecule has 0 heterocycles. The lowest BCUT2D eigenvalue weighted by Gasteiger charge is -2.04. The van der Waals surface area contributed by atoms with Crippen LogP contribution < -0.4 is 0 Å². The average Bonchev–Trinajstić information content (AvgIpc) is 1.86. The van der Waals surface area contributed by atoms with E-state index in [0.717, 1.165) is 12.8 Å². The van der Waals surface area contributed by atoms with E-state index in [1.165, 1.54) is 0 Å². The van der Waals surface area contributed by atoms with Crippen molar-refractivity contribution in [2.24, 2.45) is 0 Å². The third-order valence-corrected chi connectivity index (χ3v) is 1.36. The number of carbonyl (C=O) groups is 1. The number of rotatable bonds is 6. The lowest BCUT2D eigenvalue weighted by Crippen LogP contribution is -2.12. The maximum absolute atomic E-state index is 10.1. The lowest BCUT2D eigenvalue weighted by atomic mass is 10.1. The van der Waals surface area contributed by atoms with E-state index in [4.69, 9.17) is 10.2 Å². The molecule has 1 atom stereocenters. The second-order valence-electron chi connectivity index (χ2n) is 2.47. The topological polar surface area (TPSA) is 57.5 Å². The highest BCUT2D eigenvalue weighted by atomic mass is 16.4. The molecule has 0 aliphatic carbocycles. The third kappa shape index (κ3) is 7.06. The molecule has 0 bridgehead atoms. The quantitative estimate of drug-likeness (QED) is 0.450. The number of aliphatic hydroxyl groups excluding tert-OH is 1. The Morgan fingerprint density at radius 2 is 2.27 bits per heavy atom. The molecule has 0 saturated carbocycles. The highest BCUT2D eigenvalue weighted by Gasteiger charge is 2.07. The van der Waals surface area contributed by atoms with Crippen molar-refractivity contribution >= 4 is 5.97 Å². The van der Waals surface area contributed by atoms with Crippen LogP contribution in [0, 0.1) is 0 Å². The van der Waals surface area contributed by atoms with Gasteiger partial charge in [-0.15, -0.1) is 6.58 Å². The van der Waals surface area contributed by atoms with E-state index >= 15 is 0 Å². The van der Waals surface area contributed by atoms with Crippen LogP contribution in [0.25, 0.3) is 0 Å². The predicted octanol–water partition coefficient (Wildman–Crippen LogP) is 1.18. The molecule has 0 aromatic rings. The molecule has 0 amide bonds. The van der Waals surface area contributed by atoms with Crippen LogP contribution in [0.3, 0.4) is 0 Å². The van der Waals surface area contributed by atoms with Crippen molar-refractivity contribution in [2.45, 2.75) is 31.8 Å². The summed E-state index contributed by atoms with van der Waals surface area (Å²) in [4.78, 5) is 10.1. The van der Waals surface area contributed by atoms with E-state index in [0.29, 0.717) is 6.42 Å². The molecule has 0 aliphatic heterocycles. The van der Waals surface area contributed by atoms with Gasteiger partial charge in [0.1, 0.15) is 0 Å². The molecule has 0 aromatic carbocycles. The van der Waals surface area contributed by atoms with Crippen molar-refractivity contribution in [3.63, 3.8) is 0 Å². The van der Waals surface area contributed by atoms with Gasteiger partial charge in [-0.25, -0.2) is 0 Å². The number of unbranched alkanes of at least 4 members (excludes halogenated alkanes) is 1. The largest absolute Gasteiger partial charge is 0.481 e. The zero-order chi connectivity index (χ0) is 8.69. The van der Waals surface area contributed by atoms with Crippen molar-refractivity contribution in [1.29, 1.82) is 0 Å². The Morgan fingerprint density at radius 3 is 2.73 bits per heavy atom. The van der Waals surface area contributed by atoms with Gasteiger partial charge in [0.05, 0.1) is 12.5 Å². The minimum absolute atomic E-state index is 0.156. The Labute approximate surface area is 66.4 Å². The van der Waals surface area contributed by atoms with Crippen LogP contribution >= 0.6 is 0 Å². The Balaban J connectivity index is 3.28. The summed E-state index contributed by atoms with van der Waals surface area (Å²) in [7, 11) is 0. The van der Waals surface area contributed by atoms with E-state index in [9.17, 15) is 4.79 Å². The summed E-state index contributed by atoms with van der Waals surface area (Å²) >= 11 is 0. The van der Waals surface area contributed by atoms with E-state index < -0.39 is 12.1 Å². The van der Waals surface area contributed by atoms with E-state index in [1.807, 2.05) is 0 Å². The normalized spacial score (nSPS) is 12.5. The summed E-state index contributed by atoms with van der Waals surface area (Å²) in [6.45, 7) is 3.52. The molecule has 2 N–H and O–H groups in total. The summed E-state index contributed by atoms with van der Waals surface area (Å²) in [5.74, 6) is -0.948. The molecule has 1 unspecified atom stereocenters. The van der Waals surface area contributed by atoms with Crippen molar-refractivity contribution in [2.75, 3.05) is 0 Å². The van der Waals surface area contributed by atoms with Crippen molar-refractivity contribution < 1.29 is 15.0 Å². The van der Waals surface area contributed by atoms with Gasteiger partial charge in [0, 0.05) is 0 Å². The van der Waals surface area contributed by atoms with Gasteiger partial charge >= 0.3 is 5.97 Å². The van der Waals surface area contributed by atoms with Crippen molar-refractivity contribution in [1.82, 2.24) is 0 Å². The Morgan fingerprint density at radius 1 is 1.64 bits per heavy atom. The first kappa shape index (κ1) is 10.2. The molecule has 0 aromatic heterocycles. The van der Waals surface area contributed by atoms with Gasteiger partial charge in [0.25, 0.3) is 0 Å². The maximum atomic E-state index is 10.1. The van der Waals surface area contributed by atoms with Crippen LogP contribution in [-0.2, 0) is 4.79 Å². The summed E-state index contributed by atoms with van der Waals surface area (Å²) in [5.41, 5.74) is 0. The van der Waals surface area contributed by atoms with Crippen LogP contribution in [0.15, 0.2) is 12.7 Å². The number of carboxylic acids is 1. The van der Waals surface area contributed by atoms with Gasteiger partial charge in [0.2, 0.25) is 0 Å². The summed E-state index contributed by atoms with van der Waals surface area (Å²) in [6, 6.07) is 0. The highest BCUT2D eigenvalue weighted by Crippen LogP contribution is 2.04. The Kier molecular flexibility index (Phi) is 5.47. The van der Waals surface area contributed by atoms with Gasteiger partial charge in [-0.3, -0.25) is 4.79 Å². The first-order valence-corrected chi connectivity index (χ1v) is 3.67. The maximum Gasteiger partial charge on any atom is 0.305 e. The molecule has 0 rings (SSSR count). The Bertz CT molecular complexity index is 131. The van der Waals surface area contributed by atoms with Gasteiger partial charge in [-0.05, 0) is 19.3 Å². The number of aliphatic hydroxyl groups is 1. The van der Waals surface area contributed by atoms with Crippen LogP contribution in [0.1, 0.15) is 25.7 Å². The lowest BCUT2D eigenvalue weighted by molar-refractivity contribution is -0.139. The minimum atomic E-state index is -0.948. The fourth-order valence-electron chi connectivity index (χ4n) is 0.801. The summed E-state index contributed by atoms with van der Waals surface area (Å²) < 4.78 is 0. The summed E-state index contributed by atoms with van der Waals surface area (Å²) in [6.07, 6.45) is 3.07. The fourth-order valence-corrected chi connectivity index (χ4v) is 0.801. The summed E-state index contributed by atoms with van der Waals surface area (Å²) in [5, 5.41) is 17.3. The van der Waals surface area contributed by atoms with Crippen LogP contribution in [0.2, 0.25) is 0 Å². The smallest absolute Gasteiger partial charge is 0.305 e. The Hall–Kier alpha value is -0.830. The second kappa shape index (κ2) is 5.92. The second-order valence-corrected chi connectivity index (χ2v) is 2.47. The highest BCUT2D eigenvalue weighted by molar-refractivity contribution is 5.67. The van der Waals surface area contributed by atoms with Crippen LogP contribution in [-0.4, -0.2) is 22.3 Å². The van der Waals surface area contributed by atoms with E-state index in [1.54, 1.807) is 6.08 Å². The number of aliphatic carboxylic acids is 1. The molecular weight excluding hydrogens is 144 g/mol. The van der Waals surface area contributed by atoms with Crippen LogP contribution in [0.5, 0.6) is 0 Å².